The molecule has 1 atom stereocenters. The van der Waals surface area contributed by atoms with Crippen LogP contribution in [0.1, 0.15) is 36.2 Å². The maximum Gasteiger partial charge on any atom is 0.275 e. The lowest BCUT2D eigenvalue weighted by molar-refractivity contribution is -0.141. The molecule has 0 spiro atoms. The van der Waals surface area contributed by atoms with Crippen molar-refractivity contribution in [2.24, 2.45) is 5.92 Å². The molecule has 1 unspecified atom stereocenters. The van der Waals surface area contributed by atoms with E-state index in [0.717, 1.165) is 49.3 Å². The third-order valence-corrected chi connectivity index (χ3v) is 8.20. The van der Waals surface area contributed by atoms with Crippen LogP contribution in [0.25, 0.3) is 10.6 Å². The van der Waals surface area contributed by atoms with Crippen LogP contribution in [0.4, 0.5) is 5.00 Å². The summed E-state index contributed by atoms with van der Waals surface area (Å²) < 4.78 is 5.40. The first-order valence-corrected chi connectivity index (χ1v) is 13.1. The van der Waals surface area contributed by atoms with Gasteiger partial charge in [0.25, 0.3) is 5.91 Å². The number of nitrogens with two attached hydrogens (primary N) is 1. The number of hydrogen-bond acceptors (Lipinski definition) is 7. The van der Waals surface area contributed by atoms with Crippen LogP contribution in [-0.2, 0) is 9.53 Å². The number of nitrogen functional groups attached to an aromatic ring is 1. The summed E-state index contributed by atoms with van der Waals surface area (Å²) in [6.45, 7) is 5.96. The molecule has 2 N–H and O–H groups in total. The Kier molecular flexibility index (Phi) is 7.12. The Balaban J connectivity index is 1.17. The number of morpholine rings is 1. The van der Waals surface area contributed by atoms with E-state index in [1.54, 1.807) is 0 Å². The second-order valence-corrected chi connectivity index (χ2v) is 10.4. The van der Waals surface area contributed by atoms with E-state index in [9.17, 15) is 9.59 Å². The zero-order chi connectivity index (χ0) is 23.5. The molecule has 1 aromatic carbocycles. The van der Waals surface area contributed by atoms with Gasteiger partial charge in [-0.15, -0.1) is 0 Å². The number of hydrogen-bond donors (Lipinski definition) is 1. The summed E-state index contributed by atoms with van der Waals surface area (Å²) in [4.78, 5) is 37.1. The zero-order valence-electron chi connectivity index (χ0n) is 19.5. The standard InChI is InChI=1S/C25H33N5O3S/c26-22-21(27-23(34-22)18-5-2-1-3-6-18)25(32)28-11-8-20(9-12-28)30-10-4-7-19(17-30)24(31)29-13-15-33-16-14-29/h1-3,5-6,19-20H,4,7-17,26H2. The quantitative estimate of drug-likeness (QED) is 0.719. The Hall–Kier alpha value is -2.49. The molecule has 3 aliphatic rings. The maximum absolute atomic E-state index is 13.2. The van der Waals surface area contributed by atoms with Gasteiger partial charge in [-0.3, -0.25) is 14.5 Å². The van der Waals surface area contributed by atoms with E-state index in [4.69, 9.17) is 10.5 Å². The van der Waals surface area contributed by atoms with Gasteiger partial charge in [-0.05, 0) is 32.2 Å². The predicted octanol–water partition coefficient (Wildman–Crippen LogP) is 2.57. The number of benzene rings is 1. The van der Waals surface area contributed by atoms with Gasteiger partial charge in [-0.1, -0.05) is 41.7 Å². The molecule has 1 aromatic heterocycles. The molecule has 3 fully saturated rings. The molecule has 3 aliphatic heterocycles. The summed E-state index contributed by atoms with van der Waals surface area (Å²) in [5.41, 5.74) is 7.54. The fraction of sp³-hybridized carbons (Fsp3) is 0.560. The molecule has 0 aliphatic carbocycles. The maximum atomic E-state index is 13.2. The number of carbonyl (C=O) groups excluding carboxylic acids is 2. The molecule has 34 heavy (non-hydrogen) atoms. The number of nitrogens with zero attached hydrogens (tertiary/aromatic N) is 4. The number of piperidine rings is 2. The van der Waals surface area contributed by atoms with Gasteiger partial charge >= 0.3 is 0 Å². The Morgan fingerprint density at radius 2 is 1.71 bits per heavy atom. The van der Waals surface area contributed by atoms with Gasteiger partial charge in [-0.25, -0.2) is 4.98 Å². The molecular weight excluding hydrogens is 450 g/mol. The Bertz CT molecular complexity index is 999. The summed E-state index contributed by atoms with van der Waals surface area (Å²) in [5.74, 6) is 0.292. The first kappa shape index (κ1) is 23.3. The number of thiazole rings is 1. The number of anilines is 1. The van der Waals surface area contributed by atoms with E-state index < -0.39 is 0 Å². The van der Waals surface area contributed by atoms with Gasteiger partial charge < -0.3 is 20.3 Å². The number of likely N-dealkylation sites (tertiary alicyclic amines) is 2. The monoisotopic (exact) mass is 483 g/mol. The van der Waals surface area contributed by atoms with Crippen molar-refractivity contribution in [1.82, 2.24) is 19.7 Å². The van der Waals surface area contributed by atoms with Crippen LogP contribution in [0, 0.1) is 5.92 Å². The molecule has 2 amide bonds. The lowest BCUT2D eigenvalue weighted by atomic mass is 9.92. The van der Waals surface area contributed by atoms with E-state index in [2.05, 4.69) is 9.88 Å². The van der Waals surface area contributed by atoms with E-state index in [1.807, 2.05) is 40.1 Å². The van der Waals surface area contributed by atoms with Crippen LogP contribution >= 0.6 is 11.3 Å². The number of rotatable bonds is 4. The highest BCUT2D eigenvalue weighted by atomic mass is 32.1. The van der Waals surface area contributed by atoms with Gasteiger partial charge in [0.05, 0.1) is 19.1 Å². The molecule has 3 saturated heterocycles. The summed E-state index contributed by atoms with van der Waals surface area (Å²) in [6, 6.07) is 10.2. The zero-order valence-corrected chi connectivity index (χ0v) is 20.3. The molecular formula is C25H33N5O3S. The average Bonchev–Trinajstić information content (AvgIpc) is 3.30. The Morgan fingerprint density at radius 3 is 2.44 bits per heavy atom. The van der Waals surface area contributed by atoms with Crippen molar-refractivity contribution in [3.63, 3.8) is 0 Å². The highest BCUT2D eigenvalue weighted by molar-refractivity contribution is 7.19. The summed E-state index contributed by atoms with van der Waals surface area (Å²) >= 11 is 1.36. The second-order valence-electron chi connectivity index (χ2n) is 9.39. The second kappa shape index (κ2) is 10.4. The van der Waals surface area contributed by atoms with Crippen molar-refractivity contribution in [3.8, 4) is 10.6 Å². The number of aromatic nitrogens is 1. The van der Waals surface area contributed by atoms with Crippen LogP contribution in [0.3, 0.4) is 0 Å². The summed E-state index contributed by atoms with van der Waals surface area (Å²) in [5, 5.41) is 1.26. The molecule has 182 valence electrons. The molecule has 9 heteroatoms. The topological polar surface area (TPSA) is 92.0 Å². The first-order chi connectivity index (χ1) is 16.6. The number of ether oxygens (including phenoxy) is 1. The van der Waals surface area contributed by atoms with E-state index in [1.165, 1.54) is 11.3 Å². The van der Waals surface area contributed by atoms with Gasteiger partial charge in [0.1, 0.15) is 10.0 Å². The Labute approximate surface area is 204 Å². The van der Waals surface area contributed by atoms with Crippen molar-refractivity contribution in [2.45, 2.75) is 31.7 Å². The summed E-state index contributed by atoms with van der Waals surface area (Å²) in [6.07, 6.45) is 3.86. The van der Waals surface area contributed by atoms with E-state index in [-0.39, 0.29) is 17.7 Å². The van der Waals surface area contributed by atoms with Crippen LogP contribution in [0.2, 0.25) is 0 Å². The highest BCUT2D eigenvalue weighted by Crippen LogP contribution is 2.32. The Morgan fingerprint density at radius 1 is 0.971 bits per heavy atom. The molecule has 4 heterocycles. The normalized spacial score (nSPS) is 22.6. The SMILES string of the molecule is Nc1sc(-c2ccccc2)nc1C(=O)N1CCC(N2CCCC(C(=O)N3CCOCC3)C2)CC1. The van der Waals surface area contributed by atoms with Crippen LogP contribution in [0.5, 0.6) is 0 Å². The van der Waals surface area contributed by atoms with Gasteiger partial charge in [-0.2, -0.15) is 0 Å². The fourth-order valence-electron chi connectivity index (χ4n) is 5.35. The van der Waals surface area contributed by atoms with Crippen LogP contribution < -0.4 is 5.73 Å². The van der Waals surface area contributed by atoms with E-state index >= 15 is 0 Å². The van der Waals surface area contributed by atoms with Crippen molar-refractivity contribution >= 4 is 28.2 Å². The summed E-state index contributed by atoms with van der Waals surface area (Å²) in [7, 11) is 0. The number of amides is 2. The minimum Gasteiger partial charge on any atom is -0.389 e. The van der Waals surface area contributed by atoms with Crippen LogP contribution in [0.15, 0.2) is 30.3 Å². The van der Waals surface area contributed by atoms with Crippen molar-refractivity contribution < 1.29 is 14.3 Å². The van der Waals surface area contributed by atoms with Crippen LogP contribution in [-0.4, -0.2) is 90.0 Å². The molecule has 2 aromatic rings. The van der Waals surface area contributed by atoms with Gasteiger partial charge in [0.15, 0.2) is 5.69 Å². The lowest BCUT2D eigenvalue weighted by Gasteiger charge is -2.43. The largest absolute Gasteiger partial charge is 0.389 e. The molecule has 8 nitrogen and oxygen atoms in total. The minimum absolute atomic E-state index is 0.0756. The first-order valence-electron chi connectivity index (χ1n) is 12.3. The average molecular weight is 484 g/mol. The van der Waals surface area contributed by atoms with Crippen molar-refractivity contribution in [3.05, 3.63) is 36.0 Å². The third-order valence-electron chi connectivity index (χ3n) is 7.27. The fourth-order valence-corrected chi connectivity index (χ4v) is 6.18. The van der Waals surface area contributed by atoms with Gasteiger partial charge in [0, 0.05) is 44.3 Å². The predicted molar refractivity (Wildman–Crippen MR) is 133 cm³/mol. The molecule has 0 radical (unpaired) electrons. The molecule has 0 bridgehead atoms. The molecule has 5 rings (SSSR count). The molecule has 0 saturated carbocycles. The van der Waals surface area contributed by atoms with Crippen molar-refractivity contribution in [2.75, 3.05) is 58.2 Å². The number of carbonyl (C=O) groups is 2. The highest BCUT2D eigenvalue weighted by Gasteiger charge is 2.35. The van der Waals surface area contributed by atoms with E-state index in [0.29, 0.717) is 56.1 Å². The lowest BCUT2D eigenvalue weighted by Crippen LogP contribution is -2.53. The minimum atomic E-state index is -0.0756. The van der Waals surface area contributed by atoms with Gasteiger partial charge in [0.2, 0.25) is 5.91 Å². The smallest absolute Gasteiger partial charge is 0.275 e. The third kappa shape index (κ3) is 4.96. The van der Waals surface area contributed by atoms with Crippen molar-refractivity contribution in [1.29, 1.82) is 0 Å².